The normalized spacial score (nSPS) is 26.7. The van der Waals surface area contributed by atoms with E-state index in [-0.39, 0.29) is 17.0 Å². The van der Waals surface area contributed by atoms with Crippen LogP contribution in [0, 0.1) is 0 Å². The number of phosphoric acid groups is 3. The van der Waals surface area contributed by atoms with Crippen LogP contribution in [0.25, 0.3) is 11.2 Å². The van der Waals surface area contributed by atoms with Crippen molar-refractivity contribution in [2.24, 2.45) is 0 Å². The zero-order valence-corrected chi connectivity index (χ0v) is 23.7. The molecule has 2 aromatic heterocycles. The third kappa shape index (κ3) is 8.78. The Bertz CT molecular complexity index is 1440. The molecule has 43 heavy (non-hydrogen) atoms. The average molecular weight is 685 g/mol. The van der Waals surface area contributed by atoms with Crippen LogP contribution in [0.15, 0.2) is 12.7 Å². The molecule has 0 bridgehead atoms. The standard InChI is InChI=1S/C16H26N5O19P3/c17-13-7-14(19-3-18-13)21(4-20-7)15-11(27)12(38-16(28)10(26)9(25)8(24)5(23)1-22)6(37-15)2-36-42(32,33)40-43(34,35)39-41(29,30)31/h3-6,8-12,15,22-27H,1-2H2,(H,32,33)(H,34,35)(H2,17,18,19)(H2,29,30,31)/t5-,6-,8-,9+,10-,11-,12-,15-/m1/s1. The highest BCUT2D eigenvalue weighted by Gasteiger charge is 2.50. The van der Waals surface area contributed by atoms with E-state index in [0.29, 0.717) is 0 Å². The number of hydrogen-bond donors (Lipinski definition) is 11. The number of carbonyl (C=O) groups is 1. The molecule has 12 N–H and O–H groups in total. The summed E-state index contributed by atoms with van der Waals surface area (Å²) < 4.78 is 57.9. The quantitative estimate of drug-likeness (QED) is 0.0657. The highest BCUT2D eigenvalue weighted by Crippen LogP contribution is 2.66. The maximum atomic E-state index is 12.6. The first-order chi connectivity index (χ1) is 19.8. The number of aliphatic hydroxyl groups is 6. The third-order valence-electron chi connectivity index (χ3n) is 5.54. The minimum Gasteiger partial charge on any atom is -0.455 e. The Labute approximate surface area is 238 Å². The van der Waals surface area contributed by atoms with Crippen LogP contribution in [-0.2, 0) is 41.1 Å². The summed E-state index contributed by atoms with van der Waals surface area (Å²) in [5.41, 5.74) is 5.72. The number of rotatable bonds is 14. The predicted molar refractivity (Wildman–Crippen MR) is 130 cm³/mol. The van der Waals surface area contributed by atoms with Crippen molar-refractivity contribution in [3.05, 3.63) is 12.7 Å². The third-order valence-corrected chi connectivity index (χ3v) is 9.34. The van der Waals surface area contributed by atoms with E-state index in [2.05, 4.69) is 28.1 Å². The van der Waals surface area contributed by atoms with Gasteiger partial charge in [0.2, 0.25) is 0 Å². The molecular formula is C16H26N5O19P3. The molecule has 0 aromatic carbocycles. The van der Waals surface area contributed by atoms with Crippen LogP contribution in [0.4, 0.5) is 5.82 Å². The Morgan fingerprint density at radius 1 is 1.02 bits per heavy atom. The molecule has 244 valence electrons. The fourth-order valence-corrected chi connectivity index (χ4v) is 6.65. The first kappa shape index (κ1) is 35.4. The minimum atomic E-state index is -5.91. The molecule has 0 amide bonds. The van der Waals surface area contributed by atoms with E-state index in [9.17, 15) is 53.8 Å². The summed E-state index contributed by atoms with van der Waals surface area (Å²) in [6, 6.07) is 0. The number of fused-ring (bicyclic) bond motifs is 1. The summed E-state index contributed by atoms with van der Waals surface area (Å²) in [5, 5.41) is 59.2. The van der Waals surface area contributed by atoms with E-state index in [1.807, 2.05) is 0 Å². The number of anilines is 1. The smallest absolute Gasteiger partial charge is 0.455 e. The van der Waals surface area contributed by atoms with Gasteiger partial charge in [0, 0.05) is 0 Å². The second-order valence-electron chi connectivity index (χ2n) is 8.60. The summed E-state index contributed by atoms with van der Waals surface area (Å²) in [6.07, 6.45) is -14.6. The number of ether oxygens (including phenoxy) is 2. The second kappa shape index (κ2) is 13.5. The Morgan fingerprint density at radius 2 is 1.67 bits per heavy atom. The number of phosphoric ester groups is 1. The van der Waals surface area contributed by atoms with Crippen LogP contribution in [0.2, 0.25) is 0 Å². The van der Waals surface area contributed by atoms with Gasteiger partial charge in [-0.2, -0.15) is 8.62 Å². The zero-order chi connectivity index (χ0) is 32.5. The first-order valence-electron chi connectivity index (χ1n) is 11.4. The van der Waals surface area contributed by atoms with Crippen LogP contribution >= 0.6 is 23.5 Å². The molecule has 3 heterocycles. The number of imidazole rings is 1. The van der Waals surface area contributed by atoms with Crippen LogP contribution < -0.4 is 5.73 Å². The number of carbonyl (C=O) groups excluding carboxylic acids is 1. The van der Waals surface area contributed by atoms with Crippen LogP contribution in [0.3, 0.4) is 0 Å². The van der Waals surface area contributed by atoms with Gasteiger partial charge in [-0.3, -0.25) is 9.09 Å². The molecule has 2 unspecified atom stereocenters. The fraction of sp³-hybridized carbons (Fsp3) is 0.625. The van der Waals surface area contributed by atoms with Gasteiger partial charge in [-0.05, 0) is 0 Å². The summed E-state index contributed by atoms with van der Waals surface area (Å²) >= 11 is 0. The van der Waals surface area contributed by atoms with Crippen molar-refractivity contribution in [2.45, 2.75) is 49.0 Å². The van der Waals surface area contributed by atoms with Crippen molar-refractivity contribution < 1.29 is 91.3 Å². The lowest BCUT2D eigenvalue weighted by molar-refractivity contribution is -0.181. The van der Waals surface area contributed by atoms with Crippen LogP contribution in [0.1, 0.15) is 6.23 Å². The Hall–Kier alpha value is -2.05. The Morgan fingerprint density at radius 3 is 2.28 bits per heavy atom. The first-order valence-corrected chi connectivity index (χ1v) is 15.9. The molecule has 10 atom stereocenters. The van der Waals surface area contributed by atoms with Crippen LogP contribution in [-0.4, -0.2) is 132 Å². The molecule has 0 aliphatic carbocycles. The molecule has 24 nitrogen and oxygen atoms in total. The van der Waals surface area contributed by atoms with Gasteiger partial charge in [0.15, 0.2) is 29.9 Å². The van der Waals surface area contributed by atoms with Gasteiger partial charge in [0.05, 0.1) is 19.5 Å². The van der Waals surface area contributed by atoms with Crippen LogP contribution in [0.5, 0.6) is 0 Å². The highest BCUT2D eigenvalue weighted by molar-refractivity contribution is 7.66. The summed E-state index contributed by atoms with van der Waals surface area (Å²) in [6.45, 7) is -2.32. The molecular weight excluding hydrogens is 659 g/mol. The van der Waals surface area contributed by atoms with E-state index < -0.39 is 91.6 Å². The van der Waals surface area contributed by atoms with Gasteiger partial charge in [-0.25, -0.2) is 33.4 Å². The Balaban J connectivity index is 1.86. The van der Waals surface area contributed by atoms with Gasteiger partial charge in [-0.1, -0.05) is 0 Å². The van der Waals surface area contributed by atoms with Gasteiger partial charge >= 0.3 is 29.4 Å². The molecule has 0 saturated carbocycles. The largest absolute Gasteiger partial charge is 0.490 e. The van der Waals surface area contributed by atoms with E-state index in [0.717, 1.165) is 17.2 Å². The molecule has 0 radical (unpaired) electrons. The summed E-state index contributed by atoms with van der Waals surface area (Å²) in [4.78, 5) is 60.6. The lowest BCUT2D eigenvalue weighted by atomic mass is 10.0. The maximum absolute atomic E-state index is 12.6. The fourth-order valence-electron chi connectivity index (χ4n) is 3.62. The molecule has 0 spiro atoms. The number of nitrogens with two attached hydrogens (primary N) is 1. The van der Waals surface area contributed by atoms with E-state index >= 15 is 0 Å². The van der Waals surface area contributed by atoms with E-state index in [1.54, 1.807) is 0 Å². The van der Waals surface area contributed by atoms with E-state index in [1.165, 1.54) is 0 Å². The lowest BCUT2D eigenvalue weighted by Crippen LogP contribution is -2.50. The molecule has 1 aliphatic heterocycles. The zero-order valence-electron chi connectivity index (χ0n) is 21.0. The molecule has 1 fully saturated rings. The number of nitrogens with zero attached hydrogens (tertiary/aromatic N) is 4. The lowest BCUT2D eigenvalue weighted by Gasteiger charge is -2.27. The topological polar surface area (TPSA) is 386 Å². The van der Waals surface area contributed by atoms with Crippen molar-refractivity contribution >= 4 is 46.4 Å². The van der Waals surface area contributed by atoms with Crippen molar-refractivity contribution in [3.63, 3.8) is 0 Å². The van der Waals surface area contributed by atoms with Gasteiger partial charge in [0.1, 0.15) is 42.4 Å². The van der Waals surface area contributed by atoms with Crippen molar-refractivity contribution in [1.82, 2.24) is 19.5 Å². The Kier molecular flexibility index (Phi) is 11.1. The van der Waals surface area contributed by atoms with Crippen molar-refractivity contribution in [1.29, 1.82) is 0 Å². The molecule has 3 rings (SSSR count). The number of nitrogen functional groups attached to an aromatic ring is 1. The average Bonchev–Trinajstić information content (AvgIpc) is 3.45. The van der Waals surface area contributed by atoms with Crippen molar-refractivity contribution in [2.75, 3.05) is 18.9 Å². The second-order valence-corrected chi connectivity index (χ2v) is 13.0. The number of aromatic nitrogens is 4. The molecule has 1 aliphatic rings. The summed E-state index contributed by atoms with van der Waals surface area (Å²) in [5.74, 6) is -1.85. The van der Waals surface area contributed by atoms with Gasteiger partial charge in [0.25, 0.3) is 0 Å². The SMILES string of the molecule is Nc1ncnc2c1ncn2[C@@H]1O[C@H](COP(=O)(O)OP(=O)(O)OP(=O)(O)O)[C@@H](OC(=O)[C@H](O)[C@@H](O)[C@H](O)[C@H](O)CO)[C@H]1O. The monoisotopic (exact) mass is 685 g/mol. The highest BCUT2D eigenvalue weighted by atomic mass is 31.3. The maximum Gasteiger partial charge on any atom is 0.490 e. The molecule has 2 aromatic rings. The minimum absolute atomic E-state index is 0.0264. The van der Waals surface area contributed by atoms with Gasteiger partial charge < -0.3 is 65.4 Å². The van der Waals surface area contributed by atoms with Crippen molar-refractivity contribution in [3.8, 4) is 0 Å². The molecule has 1 saturated heterocycles. The number of esters is 1. The number of hydrogen-bond acceptors (Lipinski definition) is 19. The predicted octanol–water partition coefficient (Wildman–Crippen LogP) is -4.64. The molecule has 27 heteroatoms. The van der Waals surface area contributed by atoms with Gasteiger partial charge in [-0.15, -0.1) is 0 Å². The number of aliphatic hydroxyl groups excluding tert-OH is 6. The van der Waals surface area contributed by atoms with E-state index in [4.69, 9.17) is 30.1 Å². The summed E-state index contributed by atoms with van der Waals surface area (Å²) in [7, 11) is -17.3.